The van der Waals surface area contributed by atoms with Gasteiger partial charge >= 0.3 is 0 Å². The number of methoxy groups -OCH3 is 1. The van der Waals surface area contributed by atoms with Crippen LogP contribution in [0.5, 0.6) is 0 Å². The second kappa shape index (κ2) is 11.4. The fourth-order valence-corrected chi connectivity index (χ4v) is 3.57. The van der Waals surface area contributed by atoms with Crippen molar-refractivity contribution in [2.45, 2.75) is 25.7 Å². The smallest absolute Gasteiger partial charge is 0.279 e. The predicted molar refractivity (Wildman–Crippen MR) is 117 cm³/mol. The van der Waals surface area contributed by atoms with Crippen molar-refractivity contribution in [1.82, 2.24) is 25.3 Å². The van der Waals surface area contributed by atoms with Crippen molar-refractivity contribution in [2.75, 3.05) is 38.3 Å². The number of anilines is 1. The summed E-state index contributed by atoms with van der Waals surface area (Å²) >= 11 is 0. The van der Waals surface area contributed by atoms with E-state index in [0.29, 0.717) is 29.7 Å². The zero-order valence-electron chi connectivity index (χ0n) is 17.9. The molecule has 0 aliphatic carbocycles. The molecule has 9 nitrogen and oxygen atoms in total. The molecule has 0 spiro atoms. The Morgan fingerprint density at radius 3 is 3.06 bits per heavy atom. The molecule has 1 fully saturated rings. The van der Waals surface area contributed by atoms with Gasteiger partial charge in [-0.1, -0.05) is 0 Å². The largest absolute Gasteiger partial charge is 0.375 e. The van der Waals surface area contributed by atoms with Crippen molar-refractivity contribution in [3.63, 3.8) is 0 Å². The molecular weight excluding hydrogens is 420 g/mol. The van der Waals surface area contributed by atoms with Crippen molar-refractivity contribution >= 4 is 23.5 Å². The Balaban J connectivity index is 1.61. The van der Waals surface area contributed by atoms with Gasteiger partial charge in [0.05, 0.1) is 23.3 Å². The molecule has 1 atom stereocenters. The van der Waals surface area contributed by atoms with Crippen molar-refractivity contribution < 1.29 is 18.3 Å². The first-order valence-electron chi connectivity index (χ1n) is 10.4. The van der Waals surface area contributed by atoms with E-state index in [1.807, 2.05) is 6.07 Å². The summed E-state index contributed by atoms with van der Waals surface area (Å²) in [5, 5.41) is 10.0. The van der Waals surface area contributed by atoms with Gasteiger partial charge in [-0.2, -0.15) is 0 Å². The maximum atomic E-state index is 12.4. The molecule has 0 aromatic carbocycles. The predicted octanol–water partition coefficient (Wildman–Crippen LogP) is 2.53. The Hall–Kier alpha value is -3.21. The van der Waals surface area contributed by atoms with Crippen LogP contribution in [0.3, 0.4) is 0 Å². The molecular formula is C21H27F2N7O2. The van der Waals surface area contributed by atoms with E-state index < -0.39 is 12.1 Å². The topological polar surface area (TPSA) is 120 Å². The number of ether oxygens (including phenoxy) is 1. The van der Waals surface area contributed by atoms with Gasteiger partial charge in [-0.05, 0) is 37.3 Å². The summed E-state index contributed by atoms with van der Waals surface area (Å²) in [6.45, 7) is 2.41. The number of piperidine rings is 1. The fourth-order valence-electron chi connectivity index (χ4n) is 3.57. The van der Waals surface area contributed by atoms with Crippen LogP contribution in [0.15, 0.2) is 24.7 Å². The van der Waals surface area contributed by atoms with E-state index in [1.165, 1.54) is 19.5 Å². The summed E-state index contributed by atoms with van der Waals surface area (Å²) in [4.78, 5) is 29.6. The van der Waals surface area contributed by atoms with Gasteiger partial charge in [-0.3, -0.25) is 10.2 Å². The summed E-state index contributed by atoms with van der Waals surface area (Å²) in [5.74, 6) is 1.49. The molecule has 1 aliphatic heterocycles. The van der Waals surface area contributed by atoms with E-state index in [9.17, 15) is 13.6 Å². The first kappa shape index (κ1) is 23.5. The van der Waals surface area contributed by atoms with Gasteiger partial charge in [0.25, 0.3) is 6.43 Å². The molecule has 3 N–H and O–H groups in total. The molecule has 1 amide bonds. The van der Waals surface area contributed by atoms with E-state index in [4.69, 9.17) is 10.1 Å². The minimum Gasteiger partial charge on any atom is -0.375 e. The fraction of sp³-hybridized carbons (Fsp3) is 0.476. The number of nitrogens with one attached hydrogen (secondary N) is 3. The normalized spacial score (nSPS) is 16.6. The molecule has 3 rings (SSSR count). The second-order valence-corrected chi connectivity index (χ2v) is 7.56. The van der Waals surface area contributed by atoms with E-state index >= 15 is 0 Å². The molecule has 1 aliphatic rings. The summed E-state index contributed by atoms with van der Waals surface area (Å²) in [7, 11) is 1.49. The monoisotopic (exact) mass is 447 g/mol. The number of aromatic amines is 1. The molecule has 0 radical (unpaired) electrons. The maximum absolute atomic E-state index is 12.4. The molecule has 3 heterocycles. The second-order valence-electron chi connectivity index (χ2n) is 7.56. The number of nitrogens with zero attached hydrogens (tertiary/aromatic N) is 4. The lowest BCUT2D eigenvalue weighted by Gasteiger charge is -2.33. The average Bonchev–Trinajstić information content (AvgIpc) is 3.27. The molecule has 0 bridgehead atoms. The van der Waals surface area contributed by atoms with Crippen molar-refractivity contribution in [3.8, 4) is 11.4 Å². The lowest BCUT2D eigenvalue weighted by atomic mass is 9.94. The average molecular weight is 447 g/mol. The molecule has 32 heavy (non-hydrogen) atoms. The van der Waals surface area contributed by atoms with Crippen LogP contribution in [-0.4, -0.2) is 71.3 Å². The van der Waals surface area contributed by atoms with Crippen LogP contribution < -0.4 is 10.2 Å². The number of alkyl halides is 2. The van der Waals surface area contributed by atoms with Crippen LogP contribution in [0.25, 0.3) is 17.5 Å². The third kappa shape index (κ3) is 6.64. The molecule has 1 saturated heterocycles. The van der Waals surface area contributed by atoms with Crippen LogP contribution in [0.2, 0.25) is 0 Å². The van der Waals surface area contributed by atoms with E-state index in [1.54, 1.807) is 6.20 Å². The number of allylic oxidation sites excluding steroid dienone is 1. The molecule has 2 aromatic heterocycles. The lowest BCUT2D eigenvalue weighted by Crippen LogP contribution is -2.38. The Kier molecular flexibility index (Phi) is 8.37. The van der Waals surface area contributed by atoms with Gasteiger partial charge in [0, 0.05) is 32.8 Å². The number of carbonyl (C=O) groups is 1. The highest BCUT2D eigenvalue weighted by atomic mass is 19.3. The maximum Gasteiger partial charge on any atom is 0.279 e. The first-order chi connectivity index (χ1) is 15.5. The zero-order chi connectivity index (χ0) is 22.9. The summed E-state index contributed by atoms with van der Waals surface area (Å²) in [5.41, 5.74) is 0.497. The highest BCUT2D eigenvalue weighted by Gasteiger charge is 2.21. The molecule has 1 unspecified atom stereocenters. The van der Waals surface area contributed by atoms with Crippen LogP contribution >= 0.6 is 0 Å². The quantitative estimate of drug-likeness (QED) is 0.482. The van der Waals surface area contributed by atoms with Crippen LogP contribution in [0.1, 0.15) is 25.1 Å². The minimum absolute atomic E-state index is 0.0698. The van der Waals surface area contributed by atoms with Gasteiger partial charge in [0.15, 0.2) is 0 Å². The number of hydrogen-bond donors (Lipinski definition) is 3. The SMILES string of the molecule is COCC(=O)NCCC1CCCN(c2cc(-c3cnc(/C=C\C(=N)C(F)F)[nH]3)ncn2)C1. The van der Waals surface area contributed by atoms with Gasteiger partial charge in [-0.25, -0.2) is 23.7 Å². The minimum atomic E-state index is -2.82. The van der Waals surface area contributed by atoms with E-state index in [-0.39, 0.29) is 12.5 Å². The number of imidazole rings is 1. The Morgan fingerprint density at radius 2 is 2.28 bits per heavy atom. The van der Waals surface area contributed by atoms with Crippen LogP contribution in [0.4, 0.5) is 14.6 Å². The summed E-state index contributed by atoms with van der Waals surface area (Å²) in [6, 6.07) is 1.87. The molecule has 11 heteroatoms. The number of rotatable bonds is 10. The van der Waals surface area contributed by atoms with Gasteiger partial charge in [-0.15, -0.1) is 0 Å². The first-order valence-corrected chi connectivity index (χ1v) is 10.4. The summed E-state index contributed by atoms with van der Waals surface area (Å²) in [6.07, 6.45) is 5.60. The Morgan fingerprint density at radius 1 is 1.44 bits per heavy atom. The van der Waals surface area contributed by atoms with Gasteiger partial charge in [0.2, 0.25) is 5.91 Å². The number of halogens is 2. The number of aromatic nitrogens is 4. The molecule has 0 saturated carbocycles. The lowest BCUT2D eigenvalue weighted by molar-refractivity contribution is -0.124. The van der Waals surface area contributed by atoms with Gasteiger partial charge < -0.3 is 19.9 Å². The highest BCUT2D eigenvalue weighted by Crippen LogP contribution is 2.25. The highest BCUT2D eigenvalue weighted by molar-refractivity contribution is 5.97. The van der Waals surface area contributed by atoms with Crippen molar-refractivity contribution in [1.29, 1.82) is 5.41 Å². The van der Waals surface area contributed by atoms with Crippen molar-refractivity contribution in [2.24, 2.45) is 5.92 Å². The number of hydrogen-bond acceptors (Lipinski definition) is 7. The number of amides is 1. The Labute approximate surface area is 184 Å². The van der Waals surface area contributed by atoms with Crippen LogP contribution in [-0.2, 0) is 9.53 Å². The van der Waals surface area contributed by atoms with Crippen LogP contribution in [0, 0.1) is 11.3 Å². The Bertz CT molecular complexity index is 948. The third-order valence-electron chi connectivity index (χ3n) is 5.17. The van der Waals surface area contributed by atoms with Gasteiger partial charge in [0.1, 0.15) is 24.6 Å². The number of carbonyl (C=O) groups excluding carboxylic acids is 1. The molecule has 172 valence electrons. The molecule has 2 aromatic rings. The standard InChI is InChI=1S/C21H27F2N7O2/c1-32-12-20(31)25-7-6-14-3-2-8-30(11-14)19-9-16(27-13-28-19)17-10-26-18(29-17)5-4-15(24)21(22)23/h4-5,9-10,13-14,21,24H,2-3,6-8,11-12H2,1H3,(H,25,31)(H,26,29)/b5-4-,24-15?. The van der Waals surface area contributed by atoms with E-state index in [2.05, 4.69) is 30.2 Å². The number of H-pyrrole nitrogens is 1. The third-order valence-corrected chi connectivity index (χ3v) is 5.17. The van der Waals surface area contributed by atoms with Crippen molar-refractivity contribution in [3.05, 3.63) is 30.5 Å². The zero-order valence-corrected chi connectivity index (χ0v) is 17.9. The summed E-state index contributed by atoms with van der Waals surface area (Å²) < 4.78 is 29.7. The van der Waals surface area contributed by atoms with E-state index in [0.717, 1.165) is 44.2 Å².